The Hall–Kier alpha value is -0.650. The van der Waals surface area contributed by atoms with E-state index >= 15 is 0 Å². The van der Waals surface area contributed by atoms with E-state index < -0.39 is 10.0 Å². The summed E-state index contributed by atoms with van der Waals surface area (Å²) in [4.78, 5) is 3.97. The van der Waals surface area contributed by atoms with Crippen molar-refractivity contribution in [1.82, 2.24) is 9.29 Å². The molecule has 0 saturated heterocycles. The summed E-state index contributed by atoms with van der Waals surface area (Å²) >= 11 is 5.63. The van der Waals surface area contributed by atoms with Gasteiger partial charge >= 0.3 is 0 Å². The quantitative estimate of drug-likeness (QED) is 0.777. The van der Waals surface area contributed by atoms with Crippen LogP contribution >= 0.6 is 11.6 Å². The maximum atomic E-state index is 12.2. The molecule has 17 heavy (non-hydrogen) atoms. The van der Waals surface area contributed by atoms with Crippen LogP contribution in [0.1, 0.15) is 26.7 Å². The summed E-state index contributed by atoms with van der Waals surface area (Å²) in [6.45, 7) is 3.92. The Balaban J connectivity index is 2.98. The molecule has 0 spiro atoms. The number of aromatic nitrogens is 1. The Kier molecular flexibility index (Phi) is 4.91. The van der Waals surface area contributed by atoms with E-state index in [1.165, 1.54) is 22.6 Å². The Morgan fingerprint density at radius 1 is 1.47 bits per heavy atom. The molecule has 1 heterocycles. The molecule has 1 atom stereocenters. The highest BCUT2D eigenvalue weighted by molar-refractivity contribution is 7.89. The smallest absolute Gasteiger partial charge is 0.243 e. The summed E-state index contributed by atoms with van der Waals surface area (Å²) in [5.41, 5.74) is 0. The molecule has 1 unspecified atom stereocenters. The van der Waals surface area contributed by atoms with E-state index in [4.69, 9.17) is 11.6 Å². The van der Waals surface area contributed by atoms with Crippen molar-refractivity contribution in [2.75, 3.05) is 7.05 Å². The summed E-state index contributed by atoms with van der Waals surface area (Å²) in [6, 6.07) is 2.92. The average Bonchev–Trinajstić information content (AvgIpc) is 2.29. The van der Waals surface area contributed by atoms with Crippen molar-refractivity contribution in [3.8, 4) is 0 Å². The molecule has 0 bridgehead atoms. The van der Waals surface area contributed by atoms with Gasteiger partial charge < -0.3 is 0 Å². The summed E-state index contributed by atoms with van der Waals surface area (Å²) in [5.74, 6) is 0. The highest BCUT2D eigenvalue weighted by Crippen LogP contribution is 2.18. The van der Waals surface area contributed by atoms with E-state index in [1.54, 1.807) is 7.05 Å². The Morgan fingerprint density at radius 2 is 2.12 bits per heavy atom. The maximum absolute atomic E-state index is 12.2. The van der Waals surface area contributed by atoms with E-state index in [9.17, 15) is 8.42 Å². The van der Waals surface area contributed by atoms with E-state index in [0.717, 1.165) is 12.8 Å². The van der Waals surface area contributed by atoms with Gasteiger partial charge in [-0.15, -0.1) is 0 Å². The second-order valence-electron chi connectivity index (χ2n) is 3.98. The van der Waals surface area contributed by atoms with Gasteiger partial charge in [0.05, 0.1) is 0 Å². The summed E-state index contributed by atoms with van der Waals surface area (Å²) in [6.07, 6.45) is 3.06. The van der Waals surface area contributed by atoms with E-state index in [0.29, 0.717) is 0 Å². The number of rotatable bonds is 5. The molecule has 0 aliphatic heterocycles. The summed E-state index contributed by atoms with van der Waals surface area (Å²) < 4.78 is 25.8. The van der Waals surface area contributed by atoms with Crippen LogP contribution in [0.15, 0.2) is 23.2 Å². The highest BCUT2D eigenvalue weighted by Gasteiger charge is 2.24. The van der Waals surface area contributed by atoms with Gasteiger partial charge in [0.25, 0.3) is 0 Å². The van der Waals surface area contributed by atoms with Crippen molar-refractivity contribution >= 4 is 21.6 Å². The number of halogens is 1. The minimum Gasteiger partial charge on any atom is -0.243 e. The zero-order chi connectivity index (χ0) is 13.1. The highest BCUT2D eigenvalue weighted by atomic mass is 35.5. The van der Waals surface area contributed by atoms with Crippen molar-refractivity contribution < 1.29 is 8.42 Å². The molecule has 0 aromatic carbocycles. The van der Waals surface area contributed by atoms with Gasteiger partial charge in [0.2, 0.25) is 10.0 Å². The van der Waals surface area contributed by atoms with Crippen LogP contribution in [0.5, 0.6) is 0 Å². The van der Waals surface area contributed by atoms with Crippen LogP contribution in [-0.2, 0) is 10.0 Å². The minimum absolute atomic E-state index is 0.0271. The SMILES string of the molecule is CCCC(C)N(C)S(=O)(=O)c1ccc(Cl)nc1. The fraction of sp³-hybridized carbons (Fsp3) is 0.545. The molecule has 0 aliphatic rings. The molecule has 0 aliphatic carbocycles. The van der Waals surface area contributed by atoms with Crippen molar-refractivity contribution in [2.45, 2.75) is 37.6 Å². The van der Waals surface area contributed by atoms with Gasteiger partial charge in [0.1, 0.15) is 10.0 Å². The second-order valence-corrected chi connectivity index (χ2v) is 6.36. The van der Waals surface area contributed by atoms with Crippen LogP contribution in [0.4, 0.5) is 0 Å². The molecular weight excluding hydrogens is 260 g/mol. The van der Waals surface area contributed by atoms with Crippen LogP contribution in [0.3, 0.4) is 0 Å². The molecular formula is C11H17ClN2O2S. The summed E-state index contributed by atoms with van der Waals surface area (Å²) in [7, 11) is -1.88. The topological polar surface area (TPSA) is 50.3 Å². The molecule has 96 valence electrons. The van der Waals surface area contributed by atoms with Crippen molar-refractivity contribution in [3.63, 3.8) is 0 Å². The van der Waals surface area contributed by atoms with Crippen LogP contribution < -0.4 is 0 Å². The van der Waals surface area contributed by atoms with Gasteiger partial charge in [-0.25, -0.2) is 13.4 Å². The van der Waals surface area contributed by atoms with Crippen molar-refractivity contribution in [3.05, 3.63) is 23.5 Å². The average molecular weight is 277 g/mol. The normalized spacial score (nSPS) is 13.9. The summed E-state index contributed by atoms with van der Waals surface area (Å²) in [5, 5.41) is 0.285. The molecule has 6 heteroatoms. The first-order valence-electron chi connectivity index (χ1n) is 5.49. The Labute approximate surface area is 108 Å². The molecule has 4 nitrogen and oxygen atoms in total. The molecule has 1 aromatic rings. The number of hydrogen-bond acceptors (Lipinski definition) is 3. The molecule has 1 rings (SSSR count). The standard InChI is InChI=1S/C11H17ClN2O2S/c1-4-5-9(2)14(3)17(15,16)10-6-7-11(12)13-8-10/h6-9H,4-5H2,1-3H3. The van der Waals surface area contributed by atoms with Gasteiger partial charge in [-0.2, -0.15) is 4.31 Å². The van der Waals surface area contributed by atoms with Crippen molar-refractivity contribution in [1.29, 1.82) is 0 Å². The predicted molar refractivity (Wildman–Crippen MR) is 68.6 cm³/mol. The third-order valence-corrected chi connectivity index (χ3v) is 4.88. The second kappa shape index (κ2) is 5.80. The number of pyridine rings is 1. The van der Waals surface area contributed by atoms with Crippen LogP contribution in [0.25, 0.3) is 0 Å². The van der Waals surface area contributed by atoms with Gasteiger partial charge in [-0.3, -0.25) is 0 Å². The monoisotopic (exact) mass is 276 g/mol. The Morgan fingerprint density at radius 3 is 2.59 bits per heavy atom. The lowest BCUT2D eigenvalue weighted by atomic mass is 10.2. The molecule has 0 fully saturated rings. The fourth-order valence-corrected chi connectivity index (χ4v) is 2.97. The molecule has 0 radical (unpaired) electrons. The Bertz CT molecular complexity index is 459. The van der Waals surface area contributed by atoms with E-state index in [2.05, 4.69) is 4.98 Å². The molecule has 0 saturated carbocycles. The first kappa shape index (κ1) is 14.4. The predicted octanol–water partition coefficient (Wildman–Crippen LogP) is 2.54. The number of nitrogens with zero attached hydrogens (tertiary/aromatic N) is 2. The minimum atomic E-state index is -3.46. The van der Waals surface area contributed by atoms with Gasteiger partial charge in [-0.05, 0) is 25.5 Å². The lowest BCUT2D eigenvalue weighted by Crippen LogP contribution is -2.35. The lowest BCUT2D eigenvalue weighted by molar-refractivity contribution is 0.368. The largest absolute Gasteiger partial charge is 0.244 e. The van der Waals surface area contributed by atoms with Gasteiger partial charge in [0, 0.05) is 19.3 Å². The van der Waals surface area contributed by atoms with E-state index in [1.807, 2.05) is 13.8 Å². The molecule has 1 aromatic heterocycles. The van der Waals surface area contributed by atoms with Crippen LogP contribution in [0.2, 0.25) is 5.15 Å². The van der Waals surface area contributed by atoms with Crippen LogP contribution in [-0.4, -0.2) is 30.8 Å². The zero-order valence-electron chi connectivity index (χ0n) is 10.2. The molecule has 0 N–H and O–H groups in total. The van der Waals surface area contributed by atoms with Gasteiger partial charge in [-0.1, -0.05) is 24.9 Å². The third-order valence-electron chi connectivity index (χ3n) is 2.70. The number of sulfonamides is 1. The fourth-order valence-electron chi connectivity index (χ4n) is 1.52. The van der Waals surface area contributed by atoms with Crippen LogP contribution in [0, 0.1) is 0 Å². The van der Waals surface area contributed by atoms with Gasteiger partial charge in [0.15, 0.2) is 0 Å². The number of hydrogen-bond donors (Lipinski definition) is 0. The third kappa shape index (κ3) is 3.40. The molecule has 0 amide bonds. The first-order chi connectivity index (χ1) is 7.89. The van der Waals surface area contributed by atoms with E-state index in [-0.39, 0.29) is 16.1 Å². The first-order valence-corrected chi connectivity index (χ1v) is 7.31. The van der Waals surface area contributed by atoms with Crippen molar-refractivity contribution in [2.24, 2.45) is 0 Å². The lowest BCUT2D eigenvalue weighted by Gasteiger charge is -2.23. The maximum Gasteiger partial charge on any atom is 0.244 e. The zero-order valence-corrected chi connectivity index (χ0v) is 11.8.